The number of hydrogen-bond donors (Lipinski definition) is 2. The van der Waals surface area contributed by atoms with Crippen molar-refractivity contribution >= 4 is 5.91 Å². The Morgan fingerprint density at radius 1 is 1.39 bits per heavy atom. The number of carbonyl (C=O) groups is 1. The van der Waals surface area contributed by atoms with Crippen LogP contribution in [0.4, 0.5) is 0 Å². The van der Waals surface area contributed by atoms with Crippen LogP contribution in [-0.4, -0.2) is 43.0 Å². The fourth-order valence-corrected chi connectivity index (χ4v) is 2.39. The minimum atomic E-state index is -0.436. The molecule has 1 fully saturated rings. The number of hydrogen-bond acceptors (Lipinski definition) is 3. The summed E-state index contributed by atoms with van der Waals surface area (Å²) in [5, 5.41) is 2.94. The van der Waals surface area contributed by atoms with Crippen LogP contribution in [0.1, 0.15) is 46.5 Å². The van der Waals surface area contributed by atoms with E-state index in [-0.39, 0.29) is 11.3 Å². The summed E-state index contributed by atoms with van der Waals surface area (Å²) in [7, 11) is 2.14. The van der Waals surface area contributed by atoms with Crippen molar-refractivity contribution in [3.05, 3.63) is 0 Å². The molecule has 0 aromatic rings. The number of amides is 1. The van der Waals surface area contributed by atoms with Crippen molar-refractivity contribution in [2.75, 3.05) is 20.1 Å². The maximum Gasteiger partial charge on any atom is 0.237 e. The predicted octanol–water partition coefficient (Wildman–Crippen LogP) is 1.35. The third-order valence-electron chi connectivity index (χ3n) is 3.93. The Balaban J connectivity index is 2.22. The summed E-state index contributed by atoms with van der Waals surface area (Å²) >= 11 is 0. The first-order chi connectivity index (χ1) is 8.32. The number of rotatable bonds is 5. The van der Waals surface area contributed by atoms with E-state index in [2.05, 4.69) is 17.3 Å². The highest BCUT2D eigenvalue weighted by Crippen LogP contribution is 2.21. The second-order valence-corrected chi connectivity index (χ2v) is 6.55. The van der Waals surface area contributed by atoms with Gasteiger partial charge >= 0.3 is 0 Å². The Kier molecular flexibility index (Phi) is 5.60. The third kappa shape index (κ3) is 4.58. The lowest BCUT2D eigenvalue weighted by molar-refractivity contribution is -0.124. The van der Waals surface area contributed by atoms with Crippen molar-refractivity contribution in [3.8, 4) is 0 Å². The summed E-state index contributed by atoms with van der Waals surface area (Å²) in [5.74, 6) is -0.0395. The number of nitrogens with one attached hydrogen (secondary N) is 1. The van der Waals surface area contributed by atoms with Gasteiger partial charge in [0.2, 0.25) is 5.91 Å². The van der Waals surface area contributed by atoms with Gasteiger partial charge in [-0.1, -0.05) is 33.6 Å². The highest BCUT2D eigenvalue weighted by Gasteiger charge is 2.27. The average molecular weight is 255 g/mol. The minimum absolute atomic E-state index is 0.0395. The van der Waals surface area contributed by atoms with Crippen LogP contribution in [-0.2, 0) is 4.79 Å². The zero-order valence-electron chi connectivity index (χ0n) is 12.3. The van der Waals surface area contributed by atoms with E-state index in [0.717, 1.165) is 6.54 Å². The van der Waals surface area contributed by atoms with Crippen LogP contribution in [0.2, 0.25) is 0 Å². The van der Waals surface area contributed by atoms with E-state index in [1.165, 1.54) is 25.7 Å². The second-order valence-electron chi connectivity index (χ2n) is 6.55. The van der Waals surface area contributed by atoms with Gasteiger partial charge in [0.05, 0.1) is 6.04 Å². The molecule has 0 unspecified atom stereocenters. The molecule has 0 heterocycles. The molecule has 3 N–H and O–H groups in total. The summed E-state index contributed by atoms with van der Waals surface area (Å²) in [6.07, 6.45) is 5.28. The maximum absolute atomic E-state index is 11.8. The molecule has 0 spiro atoms. The molecule has 0 aliphatic heterocycles. The summed E-state index contributed by atoms with van der Waals surface area (Å²) in [6.45, 7) is 7.56. The lowest BCUT2D eigenvalue weighted by Crippen LogP contribution is -2.50. The van der Waals surface area contributed by atoms with Crippen LogP contribution in [0.3, 0.4) is 0 Å². The number of carbonyl (C=O) groups excluding carboxylic acids is 1. The maximum atomic E-state index is 11.8. The molecular formula is C14H29N3O. The third-order valence-corrected chi connectivity index (χ3v) is 3.93. The van der Waals surface area contributed by atoms with E-state index in [0.29, 0.717) is 12.6 Å². The molecule has 18 heavy (non-hydrogen) atoms. The molecule has 1 atom stereocenters. The van der Waals surface area contributed by atoms with Gasteiger partial charge in [0, 0.05) is 19.1 Å². The van der Waals surface area contributed by atoms with Crippen molar-refractivity contribution in [1.82, 2.24) is 10.2 Å². The molecule has 4 heteroatoms. The van der Waals surface area contributed by atoms with Gasteiger partial charge in [-0.2, -0.15) is 0 Å². The van der Waals surface area contributed by atoms with Gasteiger partial charge in [-0.05, 0) is 25.3 Å². The molecule has 0 saturated heterocycles. The van der Waals surface area contributed by atoms with Gasteiger partial charge in [-0.3, -0.25) is 4.79 Å². The average Bonchev–Trinajstić information content (AvgIpc) is 2.79. The monoisotopic (exact) mass is 255 g/mol. The second kappa shape index (κ2) is 6.53. The molecule has 0 bridgehead atoms. The highest BCUT2D eigenvalue weighted by molar-refractivity contribution is 5.82. The van der Waals surface area contributed by atoms with Crippen LogP contribution in [0, 0.1) is 5.41 Å². The largest absolute Gasteiger partial charge is 0.353 e. The summed E-state index contributed by atoms with van der Waals surface area (Å²) in [4.78, 5) is 14.2. The first-order valence-corrected chi connectivity index (χ1v) is 7.06. The van der Waals surface area contributed by atoms with E-state index in [1.54, 1.807) is 0 Å². The van der Waals surface area contributed by atoms with Crippen molar-refractivity contribution in [2.45, 2.75) is 58.5 Å². The smallest absolute Gasteiger partial charge is 0.237 e. The zero-order chi connectivity index (χ0) is 13.8. The molecule has 0 aromatic heterocycles. The Bertz CT molecular complexity index is 267. The van der Waals surface area contributed by atoms with Crippen molar-refractivity contribution in [2.24, 2.45) is 11.1 Å². The van der Waals surface area contributed by atoms with Crippen LogP contribution in [0.15, 0.2) is 0 Å². The van der Waals surface area contributed by atoms with Gasteiger partial charge in [0.1, 0.15) is 0 Å². The Morgan fingerprint density at radius 2 is 1.94 bits per heavy atom. The lowest BCUT2D eigenvalue weighted by atomic mass is 9.87. The minimum Gasteiger partial charge on any atom is -0.353 e. The van der Waals surface area contributed by atoms with Gasteiger partial charge < -0.3 is 16.0 Å². The van der Waals surface area contributed by atoms with E-state index in [9.17, 15) is 4.79 Å². The van der Waals surface area contributed by atoms with Crippen LogP contribution >= 0.6 is 0 Å². The highest BCUT2D eigenvalue weighted by atomic mass is 16.2. The number of nitrogens with two attached hydrogens (primary N) is 1. The molecule has 1 amide bonds. The molecule has 1 aliphatic rings. The quantitative estimate of drug-likeness (QED) is 0.779. The van der Waals surface area contributed by atoms with Crippen molar-refractivity contribution in [1.29, 1.82) is 0 Å². The fraction of sp³-hybridized carbons (Fsp3) is 0.929. The van der Waals surface area contributed by atoms with E-state index >= 15 is 0 Å². The molecule has 0 radical (unpaired) electrons. The summed E-state index contributed by atoms with van der Waals surface area (Å²) < 4.78 is 0. The Morgan fingerprint density at radius 3 is 2.44 bits per heavy atom. The normalized spacial score (nSPS) is 19.2. The molecule has 1 aliphatic carbocycles. The van der Waals surface area contributed by atoms with Crippen LogP contribution in [0.25, 0.3) is 0 Å². The first kappa shape index (κ1) is 15.4. The fourth-order valence-electron chi connectivity index (χ4n) is 2.39. The topological polar surface area (TPSA) is 58.4 Å². The molecular weight excluding hydrogens is 226 g/mol. The Hall–Kier alpha value is -0.610. The molecule has 0 aromatic carbocycles. The predicted molar refractivity (Wildman–Crippen MR) is 75.3 cm³/mol. The summed E-state index contributed by atoms with van der Waals surface area (Å²) in [5.41, 5.74) is 5.73. The number of likely N-dealkylation sites (N-methyl/N-ethyl adjacent to an activating group) is 1. The lowest BCUT2D eigenvalue weighted by Gasteiger charge is -2.27. The van der Waals surface area contributed by atoms with Gasteiger partial charge in [0.25, 0.3) is 0 Å². The zero-order valence-corrected chi connectivity index (χ0v) is 12.3. The van der Waals surface area contributed by atoms with Gasteiger partial charge in [-0.25, -0.2) is 0 Å². The van der Waals surface area contributed by atoms with E-state index < -0.39 is 6.04 Å². The molecule has 1 saturated carbocycles. The SMILES string of the molecule is CN(CCNC(=O)[C@@H](N)C(C)(C)C)C1CCCC1. The van der Waals surface area contributed by atoms with Gasteiger partial charge in [-0.15, -0.1) is 0 Å². The molecule has 1 rings (SSSR count). The van der Waals surface area contributed by atoms with Crippen molar-refractivity contribution < 1.29 is 4.79 Å². The first-order valence-electron chi connectivity index (χ1n) is 7.06. The molecule has 106 valence electrons. The molecule has 4 nitrogen and oxygen atoms in total. The van der Waals surface area contributed by atoms with Crippen LogP contribution < -0.4 is 11.1 Å². The van der Waals surface area contributed by atoms with Crippen molar-refractivity contribution in [3.63, 3.8) is 0 Å². The van der Waals surface area contributed by atoms with Crippen LogP contribution in [0.5, 0.6) is 0 Å². The van der Waals surface area contributed by atoms with E-state index in [4.69, 9.17) is 5.73 Å². The number of nitrogens with zero attached hydrogens (tertiary/aromatic N) is 1. The standard InChI is InChI=1S/C14H29N3O/c1-14(2,3)12(15)13(18)16-9-10-17(4)11-7-5-6-8-11/h11-12H,5-10,15H2,1-4H3,(H,16,18)/t12-/m1/s1. The van der Waals surface area contributed by atoms with E-state index in [1.807, 2.05) is 20.8 Å². The Labute approximate surface area is 111 Å². The van der Waals surface area contributed by atoms with Gasteiger partial charge in [0.15, 0.2) is 0 Å². The summed E-state index contributed by atoms with van der Waals surface area (Å²) in [6, 6.07) is 0.271.